The van der Waals surface area contributed by atoms with Gasteiger partial charge in [-0.25, -0.2) is 0 Å². The second-order valence-corrected chi connectivity index (χ2v) is 4.04. The number of aromatic nitrogens is 2. The lowest BCUT2D eigenvalue weighted by Gasteiger charge is -2.05. The number of ketones is 1. The third kappa shape index (κ3) is 3.06. The van der Waals surface area contributed by atoms with E-state index in [9.17, 15) is 4.79 Å². The van der Waals surface area contributed by atoms with E-state index in [4.69, 9.17) is 11.6 Å². The number of nitrogens with zero attached hydrogens (tertiary/aromatic N) is 2. The van der Waals surface area contributed by atoms with Crippen molar-refractivity contribution in [2.45, 2.75) is 33.7 Å². The molecule has 0 aliphatic rings. The highest BCUT2D eigenvalue weighted by Crippen LogP contribution is 2.20. The smallest absolute Gasteiger partial charge is 0.152 e. The van der Waals surface area contributed by atoms with E-state index >= 15 is 0 Å². The highest BCUT2D eigenvalue weighted by molar-refractivity contribution is 6.32. The van der Waals surface area contributed by atoms with Crippen LogP contribution >= 0.6 is 11.6 Å². The number of hydrogen-bond acceptors (Lipinski definition) is 3. The summed E-state index contributed by atoms with van der Waals surface area (Å²) in [6.45, 7) is 7.73. The van der Waals surface area contributed by atoms with E-state index in [1.165, 1.54) is 0 Å². The minimum atomic E-state index is 0.137. The molecule has 1 aromatic rings. The molecule has 0 saturated heterocycles. The maximum absolute atomic E-state index is 11.6. The number of Topliss-reactive ketones (excluding diaryl/α,β-unsaturated/α-hetero) is 1. The van der Waals surface area contributed by atoms with Crippen LogP contribution in [-0.4, -0.2) is 28.7 Å². The summed E-state index contributed by atoms with van der Waals surface area (Å²) in [5.74, 6) is 0.137. The van der Waals surface area contributed by atoms with Crippen LogP contribution in [0.15, 0.2) is 0 Å². The van der Waals surface area contributed by atoms with E-state index in [1.807, 2.05) is 20.8 Å². The average Bonchev–Trinajstić information content (AvgIpc) is 2.54. The first-order chi connectivity index (χ1) is 7.60. The fraction of sp³-hybridized carbons (Fsp3) is 0.636. The molecule has 0 amide bonds. The SMILES string of the molecule is CCNCC(=O)Cc1c(Cl)c(C)nn1CC. The highest BCUT2D eigenvalue weighted by Gasteiger charge is 2.15. The molecule has 0 atom stereocenters. The molecular formula is C11H18ClN3O. The van der Waals surface area contributed by atoms with Crippen molar-refractivity contribution in [3.63, 3.8) is 0 Å². The van der Waals surface area contributed by atoms with E-state index in [1.54, 1.807) is 4.68 Å². The van der Waals surface area contributed by atoms with Gasteiger partial charge in [0.25, 0.3) is 0 Å². The van der Waals surface area contributed by atoms with Crippen molar-refractivity contribution in [2.75, 3.05) is 13.1 Å². The summed E-state index contributed by atoms with van der Waals surface area (Å²) in [5, 5.41) is 7.90. The third-order valence-electron chi connectivity index (χ3n) is 2.39. The Kier molecular flexibility index (Phi) is 4.96. The molecule has 0 aliphatic carbocycles. The van der Waals surface area contributed by atoms with E-state index in [2.05, 4.69) is 10.4 Å². The van der Waals surface area contributed by atoms with Gasteiger partial charge >= 0.3 is 0 Å². The summed E-state index contributed by atoms with van der Waals surface area (Å²) in [4.78, 5) is 11.6. The van der Waals surface area contributed by atoms with Gasteiger partial charge in [0, 0.05) is 6.54 Å². The Bertz CT molecular complexity index is 374. The first-order valence-corrected chi connectivity index (χ1v) is 5.92. The molecule has 0 aromatic carbocycles. The lowest BCUT2D eigenvalue weighted by Crippen LogP contribution is -2.24. The van der Waals surface area contributed by atoms with Gasteiger partial charge in [0.1, 0.15) is 0 Å². The quantitative estimate of drug-likeness (QED) is 0.825. The Balaban J connectivity index is 2.75. The molecule has 0 unspecified atom stereocenters. The van der Waals surface area contributed by atoms with E-state index < -0.39 is 0 Å². The zero-order chi connectivity index (χ0) is 12.1. The second-order valence-electron chi connectivity index (χ2n) is 3.66. The Morgan fingerprint density at radius 3 is 2.75 bits per heavy atom. The van der Waals surface area contributed by atoms with Crippen molar-refractivity contribution >= 4 is 17.4 Å². The predicted molar refractivity (Wildman–Crippen MR) is 64.9 cm³/mol. The second kappa shape index (κ2) is 6.01. The van der Waals surface area contributed by atoms with Crippen LogP contribution in [0.4, 0.5) is 0 Å². The van der Waals surface area contributed by atoms with Gasteiger partial charge in [-0.2, -0.15) is 5.10 Å². The topological polar surface area (TPSA) is 46.9 Å². The number of likely N-dealkylation sites (N-methyl/N-ethyl adjacent to an activating group) is 1. The van der Waals surface area contributed by atoms with Crippen molar-refractivity contribution in [1.82, 2.24) is 15.1 Å². The summed E-state index contributed by atoms with van der Waals surface area (Å²) in [6, 6.07) is 0. The minimum Gasteiger partial charge on any atom is -0.310 e. The van der Waals surface area contributed by atoms with Gasteiger partial charge in [-0.1, -0.05) is 18.5 Å². The lowest BCUT2D eigenvalue weighted by molar-refractivity contribution is -0.117. The zero-order valence-corrected chi connectivity index (χ0v) is 10.8. The molecular weight excluding hydrogens is 226 g/mol. The number of rotatable bonds is 6. The van der Waals surface area contributed by atoms with Crippen LogP contribution in [0.2, 0.25) is 5.02 Å². The van der Waals surface area contributed by atoms with Crippen molar-refractivity contribution in [3.05, 3.63) is 16.4 Å². The van der Waals surface area contributed by atoms with Crippen molar-refractivity contribution in [2.24, 2.45) is 0 Å². The molecule has 0 aliphatic heterocycles. The maximum Gasteiger partial charge on any atom is 0.152 e. The van der Waals surface area contributed by atoms with Gasteiger partial charge in [0.05, 0.1) is 29.4 Å². The number of carbonyl (C=O) groups is 1. The Morgan fingerprint density at radius 2 is 2.19 bits per heavy atom. The van der Waals surface area contributed by atoms with E-state index in [0.29, 0.717) is 18.0 Å². The lowest BCUT2D eigenvalue weighted by atomic mass is 10.2. The van der Waals surface area contributed by atoms with Crippen LogP contribution in [-0.2, 0) is 17.8 Å². The number of nitrogens with one attached hydrogen (secondary N) is 1. The zero-order valence-electron chi connectivity index (χ0n) is 10.0. The van der Waals surface area contributed by atoms with Crippen molar-refractivity contribution in [3.8, 4) is 0 Å². The van der Waals surface area contributed by atoms with Crippen molar-refractivity contribution in [1.29, 1.82) is 0 Å². The first-order valence-electron chi connectivity index (χ1n) is 5.54. The van der Waals surface area contributed by atoms with Gasteiger partial charge in [0.2, 0.25) is 0 Å². The molecule has 0 spiro atoms. The molecule has 5 heteroatoms. The molecule has 4 nitrogen and oxygen atoms in total. The monoisotopic (exact) mass is 243 g/mol. The first kappa shape index (κ1) is 13.2. The fourth-order valence-electron chi connectivity index (χ4n) is 1.55. The standard InChI is InChI=1S/C11H18ClN3O/c1-4-13-7-9(16)6-10-11(12)8(3)14-15(10)5-2/h13H,4-7H2,1-3H3. The molecule has 90 valence electrons. The normalized spacial score (nSPS) is 10.8. The summed E-state index contributed by atoms with van der Waals surface area (Å²) in [6.07, 6.45) is 0.348. The van der Waals surface area contributed by atoms with Gasteiger partial charge in [-0.15, -0.1) is 0 Å². The van der Waals surface area contributed by atoms with Gasteiger partial charge in [-0.05, 0) is 20.4 Å². The number of aryl methyl sites for hydroxylation is 2. The molecule has 1 aromatic heterocycles. The van der Waals surface area contributed by atoms with Crippen LogP contribution in [0, 0.1) is 6.92 Å². The Hall–Kier alpha value is -0.870. The fourth-order valence-corrected chi connectivity index (χ4v) is 1.75. The average molecular weight is 244 g/mol. The molecule has 0 saturated carbocycles. The Morgan fingerprint density at radius 1 is 1.50 bits per heavy atom. The van der Waals surface area contributed by atoms with Gasteiger partial charge < -0.3 is 5.32 Å². The summed E-state index contributed by atoms with van der Waals surface area (Å²) < 4.78 is 1.79. The van der Waals surface area contributed by atoms with E-state index in [0.717, 1.165) is 24.5 Å². The van der Waals surface area contributed by atoms with Crippen LogP contribution in [0.5, 0.6) is 0 Å². The summed E-state index contributed by atoms with van der Waals surface area (Å²) >= 11 is 6.11. The maximum atomic E-state index is 11.6. The molecule has 1 rings (SSSR count). The van der Waals surface area contributed by atoms with Crippen LogP contribution in [0.3, 0.4) is 0 Å². The molecule has 0 fully saturated rings. The van der Waals surface area contributed by atoms with Crippen LogP contribution < -0.4 is 5.32 Å². The number of hydrogen-bond donors (Lipinski definition) is 1. The summed E-state index contributed by atoms with van der Waals surface area (Å²) in [5.41, 5.74) is 1.61. The molecule has 1 N–H and O–H groups in total. The molecule has 0 radical (unpaired) electrons. The van der Waals surface area contributed by atoms with Gasteiger partial charge in [-0.3, -0.25) is 9.48 Å². The number of halogens is 1. The third-order valence-corrected chi connectivity index (χ3v) is 2.88. The molecule has 0 bridgehead atoms. The van der Waals surface area contributed by atoms with E-state index in [-0.39, 0.29) is 5.78 Å². The predicted octanol–water partition coefficient (Wildman–Crippen LogP) is 1.59. The largest absolute Gasteiger partial charge is 0.310 e. The van der Waals surface area contributed by atoms with Gasteiger partial charge in [0.15, 0.2) is 5.78 Å². The van der Waals surface area contributed by atoms with Crippen LogP contribution in [0.1, 0.15) is 25.2 Å². The van der Waals surface area contributed by atoms with Crippen molar-refractivity contribution < 1.29 is 4.79 Å². The van der Waals surface area contributed by atoms with Crippen LogP contribution in [0.25, 0.3) is 0 Å². The summed E-state index contributed by atoms with van der Waals surface area (Å²) in [7, 11) is 0. The highest BCUT2D eigenvalue weighted by atomic mass is 35.5. The molecule has 1 heterocycles. The Labute approximate surface area is 101 Å². The minimum absolute atomic E-state index is 0.137. The number of carbonyl (C=O) groups excluding carboxylic acids is 1. The molecule has 16 heavy (non-hydrogen) atoms.